The average Bonchev–Trinajstić information content (AvgIpc) is 2.41. The van der Waals surface area contributed by atoms with Gasteiger partial charge in [-0.25, -0.2) is 4.79 Å². The highest BCUT2D eigenvalue weighted by Gasteiger charge is 2.10. The number of hydrogen-bond donors (Lipinski definition) is 0. The Morgan fingerprint density at radius 3 is 2.36 bits per heavy atom. The fourth-order valence-corrected chi connectivity index (χ4v) is 1.69. The van der Waals surface area contributed by atoms with Crippen molar-refractivity contribution >= 4 is 19.0 Å². The molecule has 1 aromatic heterocycles. The summed E-state index contributed by atoms with van der Waals surface area (Å²) in [6.07, 6.45) is 0. The second kappa shape index (κ2) is 3.05. The number of nitrogens with zero attached hydrogens (tertiary/aromatic N) is 2. The van der Waals surface area contributed by atoms with Crippen molar-refractivity contribution in [2.24, 2.45) is 0 Å². The van der Waals surface area contributed by atoms with Gasteiger partial charge in [-0.2, -0.15) is 0 Å². The molecule has 0 atom stereocenters. The van der Waals surface area contributed by atoms with Crippen LogP contribution in [0.5, 0.6) is 0 Å². The van der Waals surface area contributed by atoms with Crippen molar-refractivity contribution in [2.45, 2.75) is 19.9 Å². The van der Waals surface area contributed by atoms with Crippen LogP contribution in [0.25, 0.3) is 11.0 Å². The van der Waals surface area contributed by atoms with Crippen LogP contribution in [-0.4, -0.2) is 17.0 Å². The van der Waals surface area contributed by atoms with Crippen LogP contribution >= 0.6 is 0 Å². The van der Waals surface area contributed by atoms with Crippen molar-refractivity contribution < 1.29 is 0 Å². The lowest BCUT2D eigenvalue weighted by atomic mass is 10.2. The number of para-hydroxylation sites is 2. The van der Waals surface area contributed by atoms with Crippen molar-refractivity contribution in [3.05, 3.63) is 34.7 Å². The maximum Gasteiger partial charge on any atom is 0.316 e. The van der Waals surface area contributed by atoms with Crippen LogP contribution in [0.2, 0.25) is 0 Å². The molecule has 0 N–H and O–H groups in total. The standard InChI is InChI=1S/C10H11BN2O/c1-7(2)12-8-5-3-4-6-9(8)13(11)10(12)14/h3-7H,1-2H3. The molecule has 0 aliphatic carbocycles. The van der Waals surface area contributed by atoms with Gasteiger partial charge in [0.05, 0.1) is 11.0 Å². The summed E-state index contributed by atoms with van der Waals surface area (Å²) < 4.78 is 2.88. The Morgan fingerprint density at radius 1 is 1.21 bits per heavy atom. The second-order valence-corrected chi connectivity index (χ2v) is 3.61. The summed E-state index contributed by atoms with van der Waals surface area (Å²) in [6.45, 7) is 3.93. The van der Waals surface area contributed by atoms with Gasteiger partial charge >= 0.3 is 5.69 Å². The summed E-state index contributed by atoms with van der Waals surface area (Å²) in [6, 6.07) is 7.64. The minimum Gasteiger partial charge on any atom is -0.349 e. The minimum absolute atomic E-state index is 0.122. The van der Waals surface area contributed by atoms with E-state index < -0.39 is 0 Å². The smallest absolute Gasteiger partial charge is 0.316 e. The van der Waals surface area contributed by atoms with E-state index in [4.69, 9.17) is 7.98 Å². The highest BCUT2D eigenvalue weighted by molar-refractivity contribution is 6.10. The molecule has 0 unspecified atom stereocenters. The lowest BCUT2D eigenvalue weighted by Crippen LogP contribution is -2.24. The molecule has 2 radical (unpaired) electrons. The summed E-state index contributed by atoms with van der Waals surface area (Å²) in [4.78, 5) is 11.7. The van der Waals surface area contributed by atoms with Crippen molar-refractivity contribution in [1.29, 1.82) is 0 Å². The van der Waals surface area contributed by atoms with Crippen molar-refractivity contribution in [3.63, 3.8) is 0 Å². The minimum atomic E-state index is -0.166. The largest absolute Gasteiger partial charge is 0.349 e. The predicted octanol–water partition coefficient (Wildman–Crippen LogP) is 1.32. The van der Waals surface area contributed by atoms with Gasteiger partial charge in [0.15, 0.2) is 0 Å². The molecular weight excluding hydrogens is 175 g/mol. The number of benzene rings is 1. The first-order chi connectivity index (χ1) is 6.63. The highest BCUT2D eigenvalue weighted by atomic mass is 16.1. The Balaban J connectivity index is 2.95. The maximum absolute atomic E-state index is 11.7. The quantitative estimate of drug-likeness (QED) is 0.617. The zero-order valence-electron chi connectivity index (χ0n) is 8.27. The van der Waals surface area contributed by atoms with Crippen LogP contribution in [0.1, 0.15) is 19.9 Å². The summed E-state index contributed by atoms with van der Waals surface area (Å²) in [5.41, 5.74) is 1.49. The molecule has 0 amide bonds. The highest BCUT2D eigenvalue weighted by Crippen LogP contribution is 2.14. The molecule has 1 aromatic carbocycles. The van der Waals surface area contributed by atoms with E-state index in [0.717, 1.165) is 11.0 Å². The lowest BCUT2D eigenvalue weighted by molar-refractivity contribution is 0.594. The number of aromatic nitrogens is 2. The molecule has 3 nitrogen and oxygen atoms in total. The molecule has 0 aliphatic rings. The van der Waals surface area contributed by atoms with Gasteiger partial charge in [-0.05, 0) is 26.0 Å². The number of rotatable bonds is 1. The van der Waals surface area contributed by atoms with Gasteiger partial charge in [0.2, 0.25) is 7.98 Å². The summed E-state index contributed by atoms with van der Waals surface area (Å²) in [7, 11) is 5.66. The van der Waals surface area contributed by atoms with Crippen molar-refractivity contribution in [1.82, 2.24) is 9.05 Å². The van der Waals surface area contributed by atoms with Crippen LogP contribution in [0.3, 0.4) is 0 Å². The van der Waals surface area contributed by atoms with Gasteiger partial charge < -0.3 is 4.48 Å². The van der Waals surface area contributed by atoms with Crippen LogP contribution in [0.4, 0.5) is 0 Å². The fraction of sp³-hybridized carbons (Fsp3) is 0.300. The predicted molar refractivity (Wildman–Crippen MR) is 57.7 cm³/mol. The first-order valence-electron chi connectivity index (χ1n) is 4.60. The molecule has 70 valence electrons. The first kappa shape index (κ1) is 9.12. The zero-order valence-corrected chi connectivity index (χ0v) is 8.27. The maximum atomic E-state index is 11.7. The number of hydrogen-bond acceptors (Lipinski definition) is 1. The summed E-state index contributed by atoms with van der Waals surface area (Å²) in [5, 5.41) is 0. The van der Waals surface area contributed by atoms with E-state index in [1.54, 1.807) is 4.57 Å². The Labute approximate surface area is 83.4 Å². The molecule has 2 aromatic rings. The van der Waals surface area contributed by atoms with Gasteiger partial charge in [-0.15, -0.1) is 0 Å². The number of imidazole rings is 1. The normalized spacial score (nSPS) is 11.4. The van der Waals surface area contributed by atoms with Crippen LogP contribution in [-0.2, 0) is 0 Å². The SMILES string of the molecule is [B]n1c(=O)n(C(C)C)c2ccccc21. The van der Waals surface area contributed by atoms with Crippen LogP contribution in [0, 0.1) is 0 Å². The van der Waals surface area contributed by atoms with E-state index in [-0.39, 0.29) is 11.7 Å². The van der Waals surface area contributed by atoms with Gasteiger partial charge in [0.1, 0.15) is 0 Å². The Morgan fingerprint density at radius 2 is 1.79 bits per heavy atom. The molecule has 0 bridgehead atoms. The summed E-state index contributed by atoms with van der Waals surface area (Å²) in [5.74, 6) is 0. The van der Waals surface area contributed by atoms with Gasteiger partial charge in [-0.3, -0.25) is 4.57 Å². The number of fused-ring (bicyclic) bond motifs is 1. The van der Waals surface area contributed by atoms with Gasteiger partial charge in [0, 0.05) is 6.04 Å². The van der Waals surface area contributed by atoms with E-state index in [0.29, 0.717) is 0 Å². The molecule has 1 heterocycles. The van der Waals surface area contributed by atoms with Gasteiger partial charge in [0.25, 0.3) is 0 Å². The molecule has 0 spiro atoms. The van der Waals surface area contributed by atoms with E-state index in [9.17, 15) is 4.79 Å². The molecule has 4 heteroatoms. The molecule has 0 fully saturated rings. The zero-order chi connectivity index (χ0) is 10.3. The third-order valence-electron chi connectivity index (χ3n) is 2.33. The molecule has 14 heavy (non-hydrogen) atoms. The van der Waals surface area contributed by atoms with E-state index >= 15 is 0 Å². The molecule has 0 saturated carbocycles. The van der Waals surface area contributed by atoms with Gasteiger partial charge in [-0.1, -0.05) is 12.1 Å². The third kappa shape index (κ3) is 1.10. The second-order valence-electron chi connectivity index (χ2n) is 3.61. The van der Waals surface area contributed by atoms with Crippen molar-refractivity contribution in [2.75, 3.05) is 0 Å². The molecular formula is C10H11BN2O. The molecule has 0 saturated heterocycles. The summed E-state index contributed by atoms with van der Waals surface area (Å²) >= 11 is 0. The Kier molecular flexibility index (Phi) is 1.99. The van der Waals surface area contributed by atoms with E-state index in [1.807, 2.05) is 38.1 Å². The lowest BCUT2D eigenvalue weighted by Gasteiger charge is -2.05. The molecule has 2 rings (SSSR count). The monoisotopic (exact) mass is 186 g/mol. The third-order valence-corrected chi connectivity index (χ3v) is 2.33. The first-order valence-corrected chi connectivity index (χ1v) is 4.60. The van der Waals surface area contributed by atoms with E-state index in [2.05, 4.69) is 0 Å². The Hall–Kier alpha value is -1.45. The fourth-order valence-electron chi connectivity index (χ4n) is 1.69. The Bertz CT molecular complexity index is 524. The molecule has 0 aliphatic heterocycles. The van der Waals surface area contributed by atoms with Crippen LogP contribution in [0.15, 0.2) is 29.1 Å². The topological polar surface area (TPSA) is 26.9 Å². The van der Waals surface area contributed by atoms with E-state index in [1.165, 1.54) is 4.48 Å². The van der Waals surface area contributed by atoms with Crippen molar-refractivity contribution in [3.8, 4) is 0 Å². The average molecular weight is 186 g/mol. The van der Waals surface area contributed by atoms with Crippen LogP contribution < -0.4 is 5.69 Å².